The highest BCUT2D eigenvalue weighted by Crippen LogP contribution is 2.44. The highest BCUT2D eigenvalue weighted by Gasteiger charge is 2.48. The van der Waals surface area contributed by atoms with Gasteiger partial charge in [-0.25, -0.2) is 21.6 Å². The Morgan fingerprint density at radius 3 is 2.17 bits per heavy atom. The Morgan fingerprint density at radius 1 is 1.04 bits per heavy atom. The minimum absolute atomic E-state index is 0.0969. The Bertz CT molecular complexity index is 859. The van der Waals surface area contributed by atoms with E-state index in [4.69, 9.17) is 0 Å². The minimum atomic E-state index is -4.12. The second kappa shape index (κ2) is 5.33. The molecular formula is C15H11F3O4S. The number of aliphatic hydroxyl groups is 2. The second-order valence-corrected chi connectivity index (χ2v) is 7.31. The fourth-order valence-electron chi connectivity index (χ4n) is 2.76. The van der Waals surface area contributed by atoms with E-state index in [1.54, 1.807) is 0 Å². The third kappa shape index (κ3) is 2.34. The molecule has 0 fully saturated rings. The van der Waals surface area contributed by atoms with Crippen LogP contribution >= 0.6 is 0 Å². The minimum Gasteiger partial charge on any atom is -0.387 e. The van der Waals surface area contributed by atoms with Gasteiger partial charge in [-0.15, -0.1) is 0 Å². The molecule has 8 heteroatoms. The second-order valence-electron chi connectivity index (χ2n) is 5.24. The number of rotatable bonds is 2. The molecular weight excluding hydrogens is 333 g/mol. The molecule has 0 bridgehead atoms. The Morgan fingerprint density at radius 2 is 1.61 bits per heavy atom. The average molecular weight is 344 g/mol. The van der Waals surface area contributed by atoms with E-state index in [1.165, 1.54) is 24.3 Å². The number of benzene rings is 2. The molecule has 1 aliphatic heterocycles. The lowest BCUT2D eigenvalue weighted by Gasteiger charge is -2.21. The van der Waals surface area contributed by atoms with Gasteiger partial charge in [-0.1, -0.05) is 18.2 Å². The lowest BCUT2D eigenvalue weighted by molar-refractivity contribution is 0.0882. The Kier molecular flexibility index (Phi) is 3.70. The predicted molar refractivity (Wildman–Crippen MR) is 73.7 cm³/mol. The molecule has 3 unspecified atom stereocenters. The summed E-state index contributed by atoms with van der Waals surface area (Å²) in [6, 6.07) is 6.64. The van der Waals surface area contributed by atoms with Crippen molar-refractivity contribution in [3.05, 3.63) is 65.0 Å². The lowest BCUT2D eigenvalue weighted by atomic mass is 9.98. The Balaban J connectivity index is 2.09. The number of hydrogen-bond acceptors (Lipinski definition) is 4. The molecule has 0 radical (unpaired) electrons. The summed E-state index contributed by atoms with van der Waals surface area (Å²) < 4.78 is 64.5. The van der Waals surface area contributed by atoms with E-state index >= 15 is 0 Å². The van der Waals surface area contributed by atoms with E-state index in [9.17, 15) is 31.8 Å². The highest BCUT2D eigenvalue weighted by atomic mass is 32.2. The van der Waals surface area contributed by atoms with Crippen molar-refractivity contribution in [2.45, 2.75) is 22.4 Å². The van der Waals surface area contributed by atoms with E-state index in [0.29, 0.717) is 12.1 Å². The van der Waals surface area contributed by atoms with Crippen molar-refractivity contribution < 1.29 is 31.8 Å². The predicted octanol–water partition coefficient (Wildman–Crippen LogP) is 2.03. The monoisotopic (exact) mass is 344 g/mol. The van der Waals surface area contributed by atoms with Crippen LogP contribution in [-0.4, -0.2) is 23.9 Å². The number of halogens is 3. The highest BCUT2D eigenvalue weighted by molar-refractivity contribution is 7.92. The fourth-order valence-corrected chi connectivity index (χ4v) is 4.82. The third-order valence-electron chi connectivity index (χ3n) is 3.87. The normalized spacial score (nSPS) is 23.5. The van der Waals surface area contributed by atoms with Gasteiger partial charge in [-0.05, 0) is 23.8 Å². The summed E-state index contributed by atoms with van der Waals surface area (Å²) in [5.41, 5.74) is -0.374. The molecule has 2 aromatic carbocycles. The maximum atomic E-state index is 13.3. The first-order chi connectivity index (χ1) is 10.7. The van der Waals surface area contributed by atoms with Crippen LogP contribution in [0.1, 0.15) is 23.3 Å². The quantitative estimate of drug-likeness (QED) is 0.818. The average Bonchev–Trinajstić information content (AvgIpc) is 2.71. The van der Waals surface area contributed by atoms with Gasteiger partial charge in [0, 0.05) is 5.56 Å². The lowest BCUT2D eigenvalue weighted by Crippen LogP contribution is -2.29. The van der Waals surface area contributed by atoms with Gasteiger partial charge in [0.05, 0.1) is 11.0 Å². The molecule has 0 amide bonds. The molecule has 23 heavy (non-hydrogen) atoms. The first kappa shape index (κ1) is 16.0. The van der Waals surface area contributed by atoms with Crippen molar-refractivity contribution in [2.24, 2.45) is 0 Å². The fraction of sp³-hybridized carbons (Fsp3) is 0.200. The van der Waals surface area contributed by atoms with Crippen molar-refractivity contribution in [1.82, 2.24) is 0 Å². The summed E-state index contributed by atoms with van der Waals surface area (Å²) in [6.07, 6.45) is -3.49. The van der Waals surface area contributed by atoms with Gasteiger partial charge < -0.3 is 10.2 Å². The standard InChI is InChI=1S/C15H11F3O4S/c16-9-5-7(6-10(17)12(9)18)13(19)15-14(20)8-3-1-2-4-11(8)23(15,21)22/h1-6,13-15,19-20H. The molecule has 0 saturated carbocycles. The van der Waals surface area contributed by atoms with Crippen LogP contribution in [0.3, 0.4) is 0 Å². The van der Waals surface area contributed by atoms with Crippen LogP contribution in [0, 0.1) is 17.5 Å². The van der Waals surface area contributed by atoms with Gasteiger partial charge >= 0.3 is 0 Å². The molecule has 3 atom stereocenters. The number of sulfone groups is 1. The first-order valence-electron chi connectivity index (χ1n) is 6.58. The molecule has 122 valence electrons. The van der Waals surface area contributed by atoms with E-state index in [1.807, 2.05) is 0 Å². The van der Waals surface area contributed by atoms with Crippen LogP contribution in [-0.2, 0) is 9.84 Å². The zero-order valence-electron chi connectivity index (χ0n) is 11.4. The van der Waals surface area contributed by atoms with E-state index in [-0.39, 0.29) is 10.5 Å². The molecule has 2 N–H and O–H groups in total. The van der Waals surface area contributed by atoms with Crippen LogP contribution in [0.4, 0.5) is 13.2 Å². The van der Waals surface area contributed by atoms with Gasteiger partial charge in [-0.3, -0.25) is 0 Å². The first-order valence-corrected chi connectivity index (χ1v) is 8.13. The molecule has 2 aromatic rings. The van der Waals surface area contributed by atoms with Crippen LogP contribution in [0.25, 0.3) is 0 Å². The molecule has 0 saturated heterocycles. The van der Waals surface area contributed by atoms with E-state index in [0.717, 1.165) is 0 Å². The van der Waals surface area contributed by atoms with Crippen LogP contribution < -0.4 is 0 Å². The summed E-state index contributed by atoms with van der Waals surface area (Å²) in [7, 11) is -4.12. The molecule has 3 rings (SSSR count). The number of hydrogen-bond donors (Lipinski definition) is 2. The van der Waals surface area contributed by atoms with Crippen LogP contribution in [0.5, 0.6) is 0 Å². The zero-order chi connectivity index (χ0) is 16.9. The van der Waals surface area contributed by atoms with Crippen LogP contribution in [0.2, 0.25) is 0 Å². The molecule has 0 aliphatic carbocycles. The largest absolute Gasteiger partial charge is 0.387 e. The maximum absolute atomic E-state index is 13.3. The molecule has 4 nitrogen and oxygen atoms in total. The van der Waals surface area contributed by atoms with Gasteiger partial charge in [-0.2, -0.15) is 0 Å². The van der Waals surface area contributed by atoms with Gasteiger partial charge in [0.2, 0.25) is 0 Å². The van der Waals surface area contributed by atoms with Gasteiger partial charge in [0.15, 0.2) is 27.3 Å². The number of fused-ring (bicyclic) bond motifs is 1. The van der Waals surface area contributed by atoms with Crippen LogP contribution in [0.15, 0.2) is 41.3 Å². The van der Waals surface area contributed by atoms with E-state index in [2.05, 4.69) is 0 Å². The summed E-state index contributed by atoms with van der Waals surface area (Å²) in [4.78, 5) is -0.153. The summed E-state index contributed by atoms with van der Waals surface area (Å²) >= 11 is 0. The smallest absolute Gasteiger partial charge is 0.194 e. The van der Waals surface area contributed by atoms with Crippen molar-refractivity contribution in [3.8, 4) is 0 Å². The summed E-state index contributed by atoms with van der Waals surface area (Å²) in [5, 5.41) is 18.7. The molecule has 0 spiro atoms. The summed E-state index contributed by atoms with van der Waals surface area (Å²) in [5.74, 6) is -4.83. The van der Waals surface area contributed by atoms with Crippen molar-refractivity contribution >= 4 is 9.84 Å². The Hall–Kier alpha value is -1.90. The molecule has 0 aromatic heterocycles. The molecule has 1 heterocycles. The van der Waals surface area contributed by atoms with E-state index < -0.39 is 50.3 Å². The number of aliphatic hydroxyl groups excluding tert-OH is 2. The molecule has 1 aliphatic rings. The van der Waals surface area contributed by atoms with Gasteiger partial charge in [0.1, 0.15) is 11.4 Å². The van der Waals surface area contributed by atoms with Crippen molar-refractivity contribution in [2.75, 3.05) is 0 Å². The maximum Gasteiger partial charge on any atom is 0.194 e. The summed E-state index contributed by atoms with van der Waals surface area (Å²) in [6.45, 7) is 0. The topological polar surface area (TPSA) is 74.6 Å². The third-order valence-corrected chi connectivity index (χ3v) is 6.09. The zero-order valence-corrected chi connectivity index (χ0v) is 12.3. The Labute approximate surface area is 129 Å². The SMILES string of the molecule is O=S1(=O)c2ccccc2C(O)C1C(O)c1cc(F)c(F)c(F)c1. The van der Waals surface area contributed by atoms with Gasteiger partial charge in [0.25, 0.3) is 0 Å². The van der Waals surface area contributed by atoms with Crippen molar-refractivity contribution in [3.63, 3.8) is 0 Å². The van der Waals surface area contributed by atoms with Crippen molar-refractivity contribution in [1.29, 1.82) is 0 Å².